The van der Waals surface area contributed by atoms with Crippen LogP contribution in [0.1, 0.15) is 27.2 Å². The lowest BCUT2D eigenvalue weighted by Crippen LogP contribution is -2.66. The van der Waals surface area contributed by atoms with Crippen LogP contribution in [0.3, 0.4) is 0 Å². The van der Waals surface area contributed by atoms with Crippen LogP contribution in [0.15, 0.2) is 0 Å². The second-order valence-electron chi connectivity index (χ2n) is 3.37. The second kappa shape index (κ2) is 4.40. The molecular formula is C8H17FNO2+. The van der Waals surface area contributed by atoms with Crippen LogP contribution in [0, 0.1) is 0 Å². The molecular weight excluding hydrogens is 161 g/mol. The van der Waals surface area contributed by atoms with Gasteiger partial charge in [-0.15, -0.1) is 0 Å². The molecule has 0 aromatic heterocycles. The normalized spacial score (nSPS) is 14.1. The Balaban J connectivity index is 3.87. The van der Waals surface area contributed by atoms with Crippen LogP contribution in [-0.4, -0.2) is 24.3 Å². The fourth-order valence-corrected chi connectivity index (χ4v) is 0.929. The van der Waals surface area contributed by atoms with Crippen molar-refractivity contribution >= 4 is 5.97 Å². The third kappa shape index (κ3) is 5.07. The molecule has 0 aliphatic rings. The van der Waals surface area contributed by atoms with Gasteiger partial charge in [0.15, 0.2) is 6.04 Å². The predicted molar refractivity (Wildman–Crippen MR) is 43.1 cm³/mol. The Morgan fingerprint density at radius 2 is 2.17 bits per heavy atom. The zero-order valence-electron chi connectivity index (χ0n) is 7.89. The van der Waals surface area contributed by atoms with Crippen LogP contribution in [0.4, 0.5) is 4.39 Å². The van der Waals surface area contributed by atoms with E-state index in [2.05, 4.69) is 10.5 Å². The van der Waals surface area contributed by atoms with Gasteiger partial charge in [0.05, 0.1) is 6.61 Å². The molecule has 0 aromatic rings. The molecule has 0 aliphatic carbocycles. The van der Waals surface area contributed by atoms with E-state index in [0.29, 0.717) is 6.61 Å². The average Bonchev–Trinajstić information content (AvgIpc) is 1.84. The molecule has 0 fully saturated rings. The van der Waals surface area contributed by atoms with E-state index in [4.69, 9.17) is 0 Å². The number of alkyl halides is 1. The monoisotopic (exact) mass is 178 g/mol. The van der Waals surface area contributed by atoms with Crippen molar-refractivity contribution in [3.05, 3.63) is 0 Å². The molecule has 0 amide bonds. The van der Waals surface area contributed by atoms with Crippen LogP contribution in [0.5, 0.6) is 0 Å². The Bertz CT molecular complexity index is 154. The number of esters is 1. The van der Waals surface area contributed by atoms with Gasteiger partial charge in [0, 0.05) is 6.42 Å². The molecule has 4 heteroatoms. The largest absolute Gasteiger partial charge is 0.462 e. The summed E-state index contributed by atoms with van der Waals surface area (Å²) in [4.78, 5) is 11.0. The van der Waals surface area contributed by atoms with E-state index >= 15 is 0 Å². The third-order valence-corrected chi connectivity index (χ3v) is 1.35. The summed E-state index contributed by atoms with van der Waals surface area (Å²) < 4.78 is 17.7. The number of halogens is 1. The van der Waals surface area contributed by atoms with Gasteiger partial charge in [0.1, 0.15) is 5.67 Å². The van der Waals surface area contributed by atoms with Crippen molar-refractivity contribution in [3.8, 4) is 0 Å². The van der Waals surface area contributed by atoms with E-state index in [9.17, 15) is 9.18 Å². The Hall–Kier alpha value is -0.640. The quantitative estimate of drug-likeness (QED) is 0.629. The van der Waals surface area contributed by atoms with Crippen LogP contribution in [0.2, 0.25) is 0 Å². The summed E-state index contributed by atoms with van der Waals surface area (Å²) in [5, 5.41) is 0. The molecule has 0 aliphatic heterocycles. The highest BCUT2D eigenvalue weighted by Gasteiger charge is 2.28. The molecule has 0 radical (unpaired) electrons. The zero-order chi connectivity index (χ0) is 9.78. The van der Waals surface area contributed by atoms with Crippen molar-refractivity contribution in [2.45, 2.75) is 38.9 Å². The van der Waals surface area contributed by atoms with Gasteiger partial charge in [0.2, 0.25) is 0 Å². The van der Waals surface area contributed by atoms with E-state index in [1.165, 1.54) is 13.8 Å². The lowest BCUT2D eigenvalue weighted by atomic mass is 10.0. The summed E-state index contributed by atoms with van der Waals surface area (Å²) in [7, 11) is 0. The predicted octanol–water partition coefficient (Wildman–Crippen LogP) is 0.298. The van der Waals surface area contributed by atoms with Crippen molar-refractivity contribution in [3.63, 3.8) is 0 Å². The summed E-state index contributed by atoms with van der Waals surface area (Å²) >= 11 is 0. The smallest absolute Gasteiger partial charge is 0.364 e. The molecule has 12 heavy (non-hydrogen) atoms. The number of ether oxygens (including phenoxy) is 1. The van der Waals surface area contributed by atoms with Gasteiger partial charge >= 0.3 is 5.97 Å². The Labute approximate surface area is 72.1 Å². The van der Waals surface area contributed by atoms with E-state index in [1.54, 1.807) is 6.92 Å². The highest BCUT2D eigenvalue weighted by molar-refractivity contribution is 5.74. The summed E-state index contributed by atoms with van der Waals surface area (Å²) in [6, 6.07) is -0.607. The summed E-state index contributed by atoms with van der Waals surface area (Å²) in [6.07, 6.45) is 0.103. The van der Waals surface area contributed by atoms with E-state index in [1.807, 2.05) is 0 Å². The first-order chi connectivity index (χ1) is 5.37. The maximum absolute atomic E-state index is 13.0. The summed E-state index contributed by atoms with van der Waals surface area (Å²) in [5.74, 6) is -0.428. The summed E-state index contributed by atoms with van der Waals surface area (Å²) in [6.45, 7) is 4.87. The lowest BCUT2D eigenvalue weighted by molar-refractivity contribution is -0.413. The molecule has 1 atom stereocenters. The average molecular weight is 178 g/mol. The Morgan fingerprint density at radius 3 is 2.50 bits per heavy atom. The van der Waals surface area contributed by atoms with Crippen molar-refractivity contribution < 1.29 is 19.7 Å². The first-order valence-electron chi connectivity index (χ1n) is 4.05. The summed E-state index contributed by atoms with van der Waals surface area (Å²) in [5.41, 5.74) is 2.17. The first kappa shape index (κ1) is 11.4. The van der Waals surface area contributed by atoms with Gasteiger partial charge in [-0.3, -0.25) is 0 Å². The van der Waals surface area contributed by atoms with Gasteiger partial charge in [-0.05, 0) is 20.8 Å². The molecule has 1 unspecified atom stereocenters. The van der Waals surface area contributed by atoms with Gasteiger partial charge in [-0.2, -0.15) is 0 Å². The van der Waals surface area contributed by atoms with Gasteiger partial charge < -0.3 is 10.5 Å². The van der Waals surface area contributed by atoms with Gasteiger partial charge in [-0.1, -0.05) is 0 Å². The molecule has 3 nitrogen and oxygen atoms in total. The second-order valence-corrected chi connectivity index (χ2v) is 3.37. The van der Waals surface area contributed by atoms with E-state index < -0.39 is 17.7 Å². The van der Waals surface area contributed by atoms with Crippen molar-refractivity contribution in [2.24, 2.45) is 0 Å². The highest BCUT2D eigenvalue weighted by Crippen LogP contribution is 2.14. The minimum atomic E-state index is -1.36. The third-order valence-electron chi connectivity index (χ3n) is 1.35. The molecule has 0 aromatic carbocycles. The van der Waals surface area contributed by atoms with Crippen molar-refractivity contribution in [1.29, 1.82) is 0 Å². The number of hydrogen-bond acceptors (Lipinski definition) is 2. The number of hydrogen-bond donors (Lipinski definition) is 1. The number of rotatable bonds is 4. The number of carbonyl (C=O) groups is 1. The Morgan fingerprint density at radius 1 is 1.67 bits per heavy atom. The minimum Gasteiger partial charge on any atom is -0.462 e. The molecule has 0 saturated carbocycles. The zero-order valence-corrected chi connectivity index (χ0v) is 7.89. The van der Waals surface area contributed by atoms with Gasteiger partial charge in [-0.25, -0.2) is 9.18 Å². The first-order valence-corrected chi connectivity index (χ1v) is 4.05. The fraction of sp³-hybridized carbons (Fsp3) is 0.875. The SMILES string of the molecule is CCOC(=O)C([NH3+])CC(C)(C)F. The highest BCUT2D eigenvalue weighted by atomic mass is 19.1. The Kier molecular flexibility index (Phi) is 4.17. The number of quaternary nitrogens is 1. The standard InChI is InChI=1S/C8H16FNO2/c1-4-12-7(11)6(10)5-8(2,3)9/h6H,4-5,10H2,1-3H3/p+1. The molecule has 0 saturated heterocycles. The van der Waals surface area contributed by atoms with Crippen LogP contribution in [-0.2, 0) is 9.53 Å². The van der Waals surface area contributed by atoms with Crippen LogP contribution >= 0.6 is 0 Å². The van der Waals surface area contributed by atoms with Crippen LogP contribution in [0.25, 0.3) is 0 Å². The van der Waals surface area contributed by atoms with Gasteiger partial charge in [0.25, 0.3) is 0 Å². The molecule has 3 N–H and O–H groups in total. The lowest BCUT2D eigenvalue weighted by Gasteiger charge is -2.15. The number of carbonyl (C=O) groups excluding carboxylic acids is 1. The van der Waals surface area contributed by atoms with Crippen LogP contribution < -0.4 is 5.73 Å². The fourth-order valence-electron chi connectivity index (χ4n) is 0.929. The van der Waals surface area contributed by atoms with Crippen molar-refractivity contribution in [1.82, 2.24) is 0 Å². The van der Waals surface area contributed by atoms with E-state index in [0.717, 1.165) is 0 Å². The van der Waals surface area contributed by atoms with E-state index in [-0.39, 0.29) is 6.42 Å². The molecule has 0 bridgehead atoms. The molecule has 72 valence electrons. The molecule has 0 heterocycles. The minimum absolute atomic E-state index is 0.103. The maximum atomic E-state index is 13.0. The molecule has 0 rings (SSSR count). The van der Waals surface area contributed by atoms with Crippen molar-refractivity contribution in [2.75, 3.05) is 6.61 Å². The topological polar surface area (TPSA) is 53.9 Å². The maximum Gasteiger partial charge on any atom is 0.364 e. The molecule has 0 spiro atoms.